The quantitative estimate of drug-likeness (QED) is 0.631. The molecule has 1 aliphatic heterocycles. The minimum Gasteiger partial charge on any atom is -0.485 e. The van der Waals surface area contributed by atoms with E-state index in [1.165, 1.54) is 12.1 Å². The fraction of sp³-hybridized carbons (Fsp3) is 0.118. The van der Waals surface area contributed by atoms with Crippen molar-refractivity contribution in [1.29, 1.82) is 0 Å². The van der Waals surface area contributed by atoms with Gasteiger partial charge in [-0.3, -0.25) is 0 Å². The maximum Gasteiger partial charge on any atom is 0.435 e. The van der Waals surface area contributed by atoms with Crippen LogP contribution in [0.25, 0.3) is 16.9 Å². The Labute approximate surface area is 160 Å². The summed E-state index contributed by atoms with van der Waals surface area (Å²) in [6.45, 7) is -0.674. The molecule has 12 heteroatoms. The molecule has 0 aliphatic carbocycles. The molecule has 4 rings (SSSR count). The van der Waals surface area contributed by atoms with Crippen LogP contribution in [0.2, 0.25) is 0 Å². The van der Waals surface area contributed by atoms with Crippen molar-refractivity contribution in [2.24, 2.45) is 5.14 Å². The van der Waals surface area contributed by atoms with Gasteiger partial charge in [0.2, 0.25) is 15.8 Å². The van der Waals surface area contributed by atoms with Gasteiger partial charge in [0.1, 0.15) is 6.61 Å². The maximum atomic E-state index is 14.1. The lowest BCUT2D eigenvalue weighted by molar-refractivity contribution is -0.142. The van der Waals surface area contributed by atoms with Crippen molar-refractivity contribution in [2.45, 2.75) is 17.7 Å². The Balaban J connectivity index is 1.99. The molecule has 1 aliphatic rings. The van der Waals surface area contributed by atoms with Crippen LogP contribution >= 0.6 is 0 Å². The second-order valence-electron chi connectivity index (χ2n) is 6.15. The SMILES string of the molecule is NS(=O)(=O)c1ccc(-n2nc(C(F)(F)F)c3c2-c2ccc(F)c(F)c2OC3)cc1. The summed E-state index contributed by atoms with van der Waals surface area (Å²) in [5.41, 5.74) is -1.81. The van der Waals surface area contributed by atoms with Crippen LogP contribution in [0.15, 0.2) is 41.3 Å². The number of ether oxygens (including phenoxy) is 1. The number of aromatic nitrogens is 2. The Kier molecular flexibility index (Phi) is 4.17. The summed E-state index contributed by atoms with van der Waals surface area (Å²) >= 11 is 0. The molecule has 0 saturated heterocycles. The number of primary sulfonamides is 1. The Hall–Kier alpha value is -2.99. The first-order chi connectivity index (χ1) is 13.5. The van der Waals surface area contributed by atoms with Crippen molar-refractivity contribution >= 4 is 10.0 Å². The monoisotopic (exact) mass is 431 g/mol. The van der Waals surface area contributed by atoms with E-state index in [0.717, 1.165) is 28.9 Å². The largest absolute Gasteiger partial charge is 0.485 e. The van der Waals surface area contributed by atoms with E-state index in [-0.39, 0.29) is 27.4 Å². The number of halogens is 5. The maximum absolute atomic E-state index is 14.1. The van der Waals surface area contributed by atoms with Crippen LogP contribution in [-0.2, 0) is 22.8 Å². The molecule has 6 nitrogen and oxygen atoms in total. The molecule has 2 N–H and O–H groups in total. The zero-order valence-electron chi connectivity index (χ0n) is 14.2. The van der Waals surface area contributed by atoms with Crippen molar-refractivity contribution < 1.29 is 35.1 Å². The molecular formula is C17H10F5N3O3S. The van der Waals surface area contributed by atoms with Gasteiger partial charge in [-0.1, -0.05) is 0 Å². The number of fused-ring (bicyclic) bond motifs is 3. The number of rotatable bonds is 2. The predicted molar refractivity (Wildman–Crippen MR) is 89.6 cm³/mol. The third-order valence-electron chi connectivity index (χ3n) is 4.33. The average Bonchev–Trinajstić information content (AvgIpc) is 3.04. The fourth-order valence-corrected chi connectivity index (χ4v) is 3.57. The number of sulfonamides is 1. The molecule has 0 fully saturated rings. The predicted octanol–water partition coefficient (Wildman–Crippen LogP) is 3.38. The summed E-state index contributed by atoms with van der Waals surface area (Å²) in [6.07, 6.45) is -4.84. The summed E-state index contributed by atoms with van der Waals surface area (Å²) in [5, 5.41) is 8.61. The second-order valence-corrected chi connectivity index (χ2v) is 7.71. The van der Waals surface area contributed by atoms with Gasteiger partial charge in [0.15, 0.2) is 17.3 Å². The lowest BCUT2D eigenvalue weighted by Gasteiger charge is -2.20. The van der Waals surface area contributed by atoms with Crippen LogP contribution in [0.4, 0.5) is 22.0 Å². The second kappa shape index (κ2) is 6.26. The van der Waals surface area contributed by atoms with Gasteiger partial charge in [0.25, 0.3) is 0 Å². The fourth-order valence-electron chi connectivity index (χ4n) is 3.06. The summed E-state index contributed by atoms with van der Waals surface area (Å²) < 4.78 is 96.8. The van der Waals surface area contributed by atoms with Gasteiger partial charge in [-0.15, -0.1) is 0 Å². The Bertz CT molecular complexity index is 1230. The van der Waals surface area contributed by atoms with Crippen LogP contribution in [0.3, 0.4) is 0 Å². The Morgan fingerprint density at radius 1 is 1.07 bits per heavy atom. The Morgan fingerprint density at radius 3 is 2.31 bits per heavy atom. The zero-order chi connectivity index (χ0) is 21.1. The zero-order valence-corrected chi connectivity index (χ0v) is 15.0. The number of hydrogen-bond acceptors (Lipinski definition) is 4. The van der Waals surface area contributed by atoms with Crippen LogP contribution in [-0.4, -0.2) is 18.2 Å². The number of hydrogen-bond donors (Lipinski definition) is 1. The normalized spacial score (nSPS) is 13.6. The lowest BCUT2D eigenvalue weighted by atomic mass is 10.0. The van der Waals surface area contributed by atoms with Gasteiger partial charge in [-0.05, 0) is 36.4 Å². The third-order valence-corrected chi connectivity index (χ3v) is 5.26. The van der Waals surface area contributed by atoms with Gasteiger partial charge >= 0.3 is 6.18 Å². The van der Waals surface area contributed by atoms with Gasteiger partial charge < -0.3 is 4.74 Å². The topological polar surface area (TPSA) is 87.2 Å². The summed E-state index contributed by atoms with van der Waals surface area (Å²) in [6, 6.07) is 6.43. The minimum absolute atomic E-state index is 0.0572. The number of alkyl halides is 3. The van der Waals surface area contributed by atoms with Crippen LogP contribution in [0.5, 0.6) is 5.75 Å². The van der Waals surface area contributed by atoms with E-state index in [4.69, 9.17) is 9.88 Å². The van der Waals surface area contributed by atoms with E-state index in [0.29, 0.717) is 0 Å². The summed E-state index contributed by atoms with van der Waals surface area (Å²) in [4.78, 5) is -0.254. The van der Waals surface area contributed by atoms with Gasteiger partial charge in [0.05, 0.1) is 16.3 Å². The molecule has 152 valence electrons. The molecule has 0 amide bonds. The highest BCUT2D eigenvalue weighted by molar-refractivity contribution is 7.89. The van der Waals surface area contributed by atoms with E-state index in [2.05, 4.69) is 5.10 Å². The van der Waals surface area contributed by atoms with Gasteiger partial charge in [-0.2, -0.15) is 22.7 Å². The Morgan fingerprint density at radius 2 is 1.72 bits per heavy atom. The summed E-state index contributed by atoms with van der Waals surface area (Å²) in [5.74, 6) is -3.08. The van der Waals surface area contributed by atoms with E-state index in [1.807, 2.05) is 0 Å². The molecule has 0 unspecified atom stereocenters. The molecule has 2 heterocycles. The molecular weight excluding hydrogens is 421 g/mol. The molecule has 0 bridgehead atoms. The van der Waals surface area contributed by atoms with Gasteiger partial charge in [-0.25, -0.2) is 22.6 Å². The average molecular weight is 431 g/mol. The van der Waals surface area contributed by atoms with E-state index in [9.17, 15) is 30.4 Å². The standard InChI is InChI=1S/C17H10F5N3O3S/c18-12-6-5-10-14-11(7-28-15(10)13(12)19)16(17(20,21)22)24-25(14)8-1-3-9(4-2-8)29(23,26)27/h1-6H,7H2,(H2,23,26,27). The smallest absolute Gasteiger partial charge is 0.435 e. The molecule has 29 heavy (non-hydrogen) atoms. The number of nitrogens with two attached hydrogens (primary N) is 1. The van der Waals surface area contributed by atoms with Crippen LogP contribution in [0, 0.1) is 11.6 Å². The molecule has 0 spiro atoms. The molecule has 1 aromatic heterocycles. The van der Waals surface area contributed by atoms with E-state index in [1.54, 1.807) is 0 Å². The van der Waals surface area contributed by atoms with Crippen molar-refractivity contribution in [3.8, 4) is 22.7 Å². The van der Waals surface area contributed by atoms with Crippen LogP contribution < -0.4 is 9.88 Å². The van der Waals surface area contributed by atoms with Crippen LogP contribution in [0.1, 0.15) is 11.3 Å². The van der Waals surface area contributed by atoms with Crippen molar-refractivity contribution in [2.75, 3.05) is 0 Å². The lowest BCUT2D eigenvalue weighted by Crippen LogP contribution is -2.14. The van der Waals surface area contributed by atoms with Crippen molar-refractivity contribution in [1.82, 2.24) is 9.78 Å². The highest BCUT2D eigenvalue weighted by Crippen LogP contribution is 2.45. The highest BCUT2D eigenvalue weighted by Gasteiger charge is 2.42. The molecule has 2 aromatic carbocycles. The van der Waals surface area contributed by atoms with E-state index < -0.39 is 45.9 Å². The minimum atomic E-state index is -4.84. The van der Waals surface area contributed by atoms with Gasteiger partial charge in [0, 0.05) is 11.1 Å². The first-order valence-corrected chi connectivity index (χ1v) is 9.46. The third kappa shape index (κ3) is 3.13. The molecule has 0 saturated carbocycles. The van der Waals surface area contributed by atoms with Crippen molar-refractivity contribution in [3.63, 3.8) is 0 Å². The molecule has 0 radical (unpaired) electrons. The summed E-state index contributed by atoms with van der Waals surface area (Å²) in [7, 11) is -4.02. The molecule has 3 aromatic rings. The number of benzene rings is 2. The molecule has 0 atom stereocenters. The first-order valence-electron chi connectivity index (χ1n) is 7.92. The van der Waals surface area contributed by atoms with Crippen molar-refractivity contribution in [3.05, 3.63) is 59.3 Å². The number of nitrogens with zero attached hydrogens (tertiary/aromatic N) is 2. The highest BCUT2D eigenvalue weighted by atomic mass is 32.2. The van der Waals surface area contributed by atoms with E-state index >= 15 is 0 Å². The first kappa shape index (κ1) is 19.3.